The van der Waals surface area contributed by atoms with Gasteiger partial charge in [0.25, 0.3) is 0 Å². The van der Waals surface area contributed by atoms with E-state index >= 15 is 0 Å². The molecule has 4 nitrogen and oxygen atoms in total. The van der Waals surface area contributed by atoms with E-state index in [1.54, 1.807) is 37.5 Å². The van der Waals surface area contributed by atoms with Gasteiger partial charge in [-0.1, -0.05) is 35.3 Å². The molecule has 1 aromatic heterocycles. The highest BCUT2D eigenvalue weighted by atomic mass is 35.5. The molecule has 0 saturated carbocycles. The maximum Gasteiger partial charge on any atom is 0.228 e. The number of hydrogen-bond acceptors (Lipinski definition) is 4. The van der Waals surface area contributed by atoms with Crippen LogP contribution in [0.4, 0.5) is 0 Å². The SMILES string of the molecule is COc1c(Cl)cc(Cl)cc1/C=c1/oc2cccc3c(OC)ccc(c1=O)c23. The molecule has 0 spiro atoms. The minimum absolute atomic E-state index is 0.164. The van der Waals surface area contributed by atoms with E-state index in [0.717, 1.165) is 10.8 Å². The molecule has 0 aliphatic rings. The summed E-state index contributed by atoms with van der Waals surface area (Å²) < 4.78 is 16.7. The molecule has 0 radical (unpaired) electrons. The molecule has 0 aliphatic carbocycles. The smallest absolute Gasteiger partial charge is 0.228 e. The summed E-state index contributed by atoms with van der Waals surface area (Å²) in [5, 5.41) is 2.89. The lowest BCUT2D eigenvalue weighted by atomic mass is 10.0. The Morgan fingerprint density at radius 3 is 2.56 bits per heavy atom. The summed E-state index contributed by atoms with van der Waals surface area (Å²) in [5.41, 5.74) is 1.07. The largest absolute Gasteiger partial charge is 0.496 e. The first-order valence-corrected chi connectivity index (χ1v) is 8.86. The van der Waals surface area contributed by atoms with Crippen LogP contribution in [0.25, 0.3) is 27.8 Å². The molecule has 0 atom stereocenters. The van der Waals surface area contributed by atoms with Crippen LogP contribution in [-0.2, 0) is 0 Å². The van der Waals surface area contributed by atoms with Crippen LogP contribution in [0.5, 0.6) is 11.5 Å². The molecule has 0 N–H and O–H groups in total. The van der Waals surface area contributed by atoms with Crippen LogP contribution < -0.4 is 20.3 Å². The van der Waals surface area contributed by atoms with Crippen LogP contribution in [0.1, 0.15) is 5.56 Å². The van der Waals surface area contributed by atoms with E-state index in [-0.39, 0.29) is 10.8 Å². The van der Waals surface area contributed by atoms with Crippen molar-refractivity contribution in [1.29, 1.82) is 0 Å². The number of halogens is 2. The minimum Gasteiger partial charge on any atom is -0.496 e. The van der Waals surface area contributed by atoms with Gasteiger partial charge in [0.1, 0.15) is 17.1 Å². The molecule has 6 heteroatoms. The van der Waals surface area contributed by atoms with Crippen LogP contribution in [0.2, 0.25) is 10.0 Å². The Morgan fingerprint density at radius 2 is 1.81 bits per heavy atom. The molecule has 0 amide bonds. The molecular weight excluding hydrogens is 387 g/mol. The molecule has 0 unspecified atom stereocenters. The lowest BCUT2D eigenvalue weighted by Crippen LogP contribution is -2.24. The second kappa shape index (κ2) is 6.80. The average Bonchev–Trinajstić information content (AvgIpc) is 2.65. The van der Waals surface area contributed by atoms with Crippen molar-refractivity contribution in [2.75, 3.05) is 14.2 Å². The predicted molar refractivity (Wildman–Crippen MR) is 108 cm³/mol. The Bertz CT molecular complexity index is 1290. The lowest BCUT2D eigenvalue weighted by Gasteiger charge is -2.09. The quantitative estimate of drug-likeness (QED) is 0.494. The van der Waals surface area contributed by atoms with Gasteiger partial charge >= 0.3 is 0 Å². The first-order valence-electron chi connectivity index (χ1n) is 8.10. The Hall–Kier alpha value is -2.69. The standard InChI is InChI=1S/C21H14Cl2O4/c1-25-16-7-6-14-19-13(16)4-3-5-17(19)27-18(20(14)24)9-11-8-12(22)10-15(23)21(11)26-2/h3-10H,1-2H3/b18-9+. The Balaban J connectivity index is 2.10. The van der Waals surface area contributed by atoms with E-state index in [2.05, 4.69) is 0 Å². The van der Waals surface area contributed by atoms with Crippen LogP contribution in [0.3, 0.4) is 0 Å². The zero-order chi connectivity index (χ0) is 19.1. The van der Waals surface area contributed by atoms with E-state index in [0.29, 0.717) is 38.1 Å². The van der Waals surface area contributed by atoms with E-state index < -0.39 is 0 Å². The first-order chi connectivity index (χ1) is 13.0. The van der Waals surface area contributed by atoms with Gasteiger partial charge in [-0.25, -0.2) is 0 Å². The predicted octanol–water partition coefficient (Wildman–Crippen LogP) is 4.82. The Kier molecular flexibility index (Phi) is 4.46. The van der Waals surface area contributed by atoms with Crippen molar-refractivity contribution >= 4 is 51.0 Å². The van der Waals surface area contributed by atoms with Crippen LogP contribution in [0, 0.1) is 0 Å². The molecule has 0 fully saturated rings. The maximum atomic E-state index is 13.0. The van der Waals surface area contributed by atoms with Crippen molar-refractivity contribution < 1.29 is 13.9 Å². The van der Waals surface area contributed by atoms with Gasteiger partial charge in [0, 0.05) is 26.7 Å². The van der Waals surface area contributed by atoms with Gasteiger partial charge in [0.2, 0.25) is 5.43 Å². The molecule has 1 heterocycles. The van der Waals surface area contributed by atoms with Crippen molar-refractivity contribution in [3.8, 4) is 11.5 Å². The summed E-state index contributed by atoms with van der Waals surface area (Å²) in [6.45, 7) is 0. The molecule has 0 aliphatic heterocycles. The summed E-state index contributed by atoms with van der Waals surface area (Å²) in [6, 6.07) is 12.3. The number of benzene rings is 3. The second-order valence-corrected chi connectivity index (χ2v) is 6.79. The molecular formula is C21H14Cl2O4. The lowest BCUT2D eigenvalue weighted by molar-refractivity contribution is 0.414. The van der Waals surface area contributed by atoms with Crippen molar-refractivity contribution in [3.63, 3.8) is 0 Å². The van der Waals surface area contributed by atoms with Crippen LogP contribution in [0.15, 0.2) is 51.7 Å². The topological polar surface area (TPSA) is 48.7 Å². The number of ether oxygens (including phenoxy) is 2. The zero-order valence-electron chi connectivity index (χ0n) is 14.5. The van der Waals surface area contributed by atoms with E-state index in [9.17, 15) is 4.79 Å². The highest BCUT2D eigenvalue weighted by molar-refractivity contribution is 6.35. The van der Waals surface area contributed by atoms with Gasteiger partial charge in [-0.15, -0.1) is 0 Å². The van der Waals surface area contributed by atoms with Gasteiger partial charge in [-0.3, -0.25) is 4.79 Å². The molecule has 136 valence electrons. The Morgan fingerprint density at radius 1 is 1.00 bits per heavy atom. The molecule has 4 aromatic rings. The van der Waals surface area contributed by atoms with Gasteiger partial charge in [-0.2, -0.15) is 0 Å². The van der Waals surface area contributed by atoms with E-state index in [1.807, 2.05) is 18.2 Å². The second-order valence-electron chi connectivity index (χ2n) is 5.94. The average molecular weight is 401 g/mol. The fourth-order valence-corrected chi connectivity index (χ4v) is 3.82. The Labute approximate surface area is 164 Å². The summed E-state index contributed by atoms with van der Waals surface area (Å²) in [6.07, 6.45) is 1.59. The fraction of sp³-hybridized carbons (Fsp3) is 0.0952. The van der Waals surface area contributed by atoms with Crippen LogP contribution in [-0.4, -0.2) is 14.2 Å². The van der Waals surface area contributed by atoms with Gasteiger partial charge in [0.05, 0.1) is 19.2 Å². The van der Waals surface area contributed by atoms with Gasteiger partial charge in [0.15, 0.2) is 5.42 Å². The van der Waals surface area contributed by atoms with Crippen molar-refractivity contribution in [1.82, 2.24) is 0 Å². The maximum absolute atomic E-state index is 13.0. The zero-order valence-corrected chi connectivity index (χ0v) is 16.0. The van der Waals surface area contributed by atoms with Gasteiger partial charge in [-0.05, 0) is 36.4 Å². The van der Waals surface area contributed by atoms with E-state index in [4.69, 9.17) is 37.1 Å². The number of methoxy groups -OCH3 is 2. The monoisotopic (exact) mass is 400 g/mol. The third-order valence-electron chi connectivity index (χ3n) is 4.40. The minimum atomic E-state index is -0.237. The first kappa shape index (κ1) is 17.7. The van der Waals surface area contributed by atoms with E-state index in [1.165, 1.54) is 7.11 Å². The molecule has 4 rings (SSSR count). The van der Waals surface area contributed by atoms with Crippen molar-refractivity contribution in [2.24, 2.45) is 0 Å². The van der Waals surface area contributed by atoms with Crippen molar-refractivity contribution in [2.45, 2.75) is 0 Å². The fourth-order valence-electron chi connectivity index (χ4n) is 3.24. The molecule has 0 saturated heterocycles. The molecule has 27 heavy (non-hydrogen) atoms. The normalized spacial score (nSPS) is 12.1. The van der Waals surface area contributed by atoms with Gasteiger partial charge < -0.3 is 13.9 Å². The highest BCUT2D eigenvalue weighted by Gasteiger charge is 2.14. The van der Waals surface area contributed by atoms with Crippen molar-refractivity contribution in [3.05, 3.63) is 73.7 Å². The highest BCUT2D eigenvalue weighted by Crippen LogP contribution is 2.33. The number of hydrogen-bond donors (Lipinski definition) is 0. The third-order valence-corrected chi connectivity index (χ3v) is 4.90. The summed E-state index contributed by atoms with van der Waals surface area (Å²) in [5.74, 6) is 1.10. The number of rotatable bonds is 3. The molecule has 0 bridgehead atoms. The summed E-state index contributed by atoms with van der Waals surface area (Å²) >= 11 is 12.3. The molecule has 3 aromatic carbocycles. The summed E-state index contributed by atoms with van der Waals surface area (Å²) in [4.78, 5) is 13.0. The third kappa shape index (κ3) is 2.91. The summed E-state index contributed by atoms with van der Waals surface area (Å²) in [7, 11) is 3.10. The van der Waals surface area contributed by atoms with Crippen LogP contribution >= 0.6 is 23.2 Å².